The summed E-state index contributed by atoms with van der Waals surface area (Å²) in [5.74, 6) is 0. The average Bonchev–Trinajstić information content (AvgIpc) is 2.95. The first-order valence-corrected chi connectivity index (χ1v) is 7.30. The Bertz CT molecular complexity index is 475. The molecule has 2 aromatic rings. The molecule has 0 radical (unpaired) electrons. The molecule has 0 amide bonds. The zero-order valence-electron chi connectivity index (χ0n) is 11.0. The minimum atomic E-state index is 0.879. The highest BCUT2D eigenvalue weighted by molar-refractivity contribution is 7.09. The molecule has 0 spiro atoms. The van der Waals surface area contributed by atoms with Gasteiger partial charge in [-0.05, 0) is 19.4 Å². The minimum absolute atomic E-state index is 0.879. The van der Waals surface area contributed by atoms with E-state index in [1.54, 1.807) is 11.3 Å². The molecule has 0 aliphatic rings. The summed E-state index contributed by atoms with van der Waals surface area (Å²) in [6.07, 6.45) is 3.99. The Balaban J connectivity index is 1.73. The normalized spacial score (nSPS) is 11.0. The van der Waals surface area contributed by atoms with Crippen LogP contribution in [0.3, 0.4) is 0 Å². The lowest BCUT2D eigenvalue weighted by atomic mass is 10.3. The molecule has 2 aromatic heterocycles. The Morgan fingerprint density at radius 1 is 1.44 bits per heavy atom. The summed E-state index contributed by atoms with van der Waals surface area (Å²) in [5.41, 5.74) is 2.38. The van der Waals surface area contributed by atoms with Gasteiger partial charge >= 0.3 is 0 Å². The first kappa shape index (κ1) is 13.2. The molecule has 2 heterocycles. The quantitative estimate of drug-likeness (QED) is 0.781. The van der Waals surface area contributed by atoms with Gasteiger partial charge in [-0.3, -0.25) is 4.68 Å². The van der Waals surface area contributed by atoms with E-state index in [2.05, 4.69) is 38.5 Å². The fraction of sp³-hybridized carbons (Fsp3) is 0.538. The van der Waals surface area contributed by atoms with Gasteiger partial charge in [0, 0.05) is 43.3 Å². The number of aryl methyl sites for hydroxylation is 2. The Kier molecular flexibility index (Phi) is 4.90. The van der Waals surface area contributed by atoms with Crippen molar-refractivity contribution >= 4 is 11.3 Å². The Morgan fingerprint density at radius 2 is 2.33 bits per heavy atom. The molecule has 0 aliphatic heterocycles. The van der Waals surface area contributed by atoms with E-state index < -0.39 is 0 Å². The van der Waals surface area contributed by atoms with Crippen molar-refractivity contribution in [3.05, 3.63) is 34.0 Å². The number of thiazole rings is 1. The molecule has 0 saturated carbocycles. The predicted molar refractivity (Wildman–Crippen MR) is 74.8 cm³/mol. The van der Waals surface area contributed by atoms with Gasteiger partial charge in [0.2, 0.25) is 0 Å². The van der Waals surface area contributed by atoms with Crippen LogP contribution in [0.4, 0.5) is 0 Å². The second-order valence-electron chi connectivity index (χ2n) is 4.36. The molecular formula is C13H20N4S. The molecule has 0 fully saturated rings. The molecule has 0 saturated heterocycles. The summed E-state index contributed by atoms with van der Waals surface area (Å²) in [6, 6.07) is 2.08. The highest BCUT2D eigenvalue weighted by Gasteiger charge is 2.02. The van der Waals surface area contributed by atoms with Crippen LogP contribution in [0, 0.1) is 6.92 Å². The Hall–Kier alpha value is -1.20. The zero-order chi connectivity index (χ0) is 12.8. The van der Waals surface area contributed by atoms with Crippen molar-refractivity contribution in [2.24, 2.45) is 0 Å². The van der Waals surface area contributed by atoms with Crippen LogP contribution < -0.4 is 5.32 Å². The second-order valence-corrected chi connectivity index (χ2v) is 5.30. The van der Waals surface area contributed by atoms with E-state index in [4.69, 9.17) is 0 Å². The monoisotopic (exact) mass is 264 g/mol. The Morgan fingerprint density at radius 3 is 3.06 bits per heavy atom. The maximum atomic E-state index is 4.45. The van der Waals surface area contributed by atoms with Gasteiger partial charge in [-0.1, -0.05) is 6.92 Å². The first-order chi connectivity index (χ1) is 8.79. The van der Waals surface area contributed by atoms with Crippen molar-refractivity contribution in [1.82, 2.24) is 20.1 Å². The van der Waals surface area contributed by atoms with Crippen molar-refractivity contribution < 1.29 is 0 Å². The summed E-state index contributed by atoms with van der Waals surface area (Å²) in [4.78, 5) is 4.45. The number of nitrogens with zero attached hydrogens (tertiary/aromatic N) is 3. The lowest BCUT2D eigenvalue weighted by molar-refractivity contribution is 0.550. The predicted octanol–water partition coefficient (Wildman–Crippen LogP) is 2.39. The number of rotatable bonds is 7. The third-order valence-electron chi connectivity index (χ3n) is 2.73. The van der Waals surface area contributed by atoms with E-state index in [1.165, 1.54) is 10.7 Å². The van der Waals surface area contributed by atoms with E-state index >= 15 is 0 Å². The Labute approximate surface area is 112 Å². The van der Waals surface area contributed by atoms with Gasteiger partial charge in [0.15, 0.2) is 0 Å². The molecule has 4 nitrogen and oxygen atoms in total. The van der Waals surface area contributed by atoms with Crippen LogP contribution in [0.2, 0.25) is 0 Å². The van der Waals surface area contributed by atoms with Crippen LogP contribution in [0.5, 0.6) is 0 Å². The summed E-state index contributed by atoms with van der Waals surface area (Å²) in [5, 5.41) is 11.1. The highest BCUT2D eigenvalue weighted by Crippen LogP contribution is 2.08. The van der Waals surface area contributed by atoms with Gasteiger partial charge in [-0.2, -0.15) is 5.10 Å². The third kappa shape index (κ3) is 3.65. The van der Waals surface area contributed by atoms with Gasteiger partial charge < -0.3 is 5.32 Å². The van der Waals surface area contributed by atoms with Gasteiger partial charge in [0.1, 0.15) is 0 Å². The van der Waals surface area contributed by atoms with Crippen molar-refractivity contribution in [2.45, 2.75) is 39.8 Å². The largest absolute Gasteiger partial charge is 0.311 e. The summed E-state index contributed by atoms with van der Waals surface area (Å²) >= 11 is 1.74. The van der Waals surface area contributed by atoms with Crippen molar-refractivity contribution in [1.29, 1.82) is 0 Å². The third-order valence-corrected chi connectivity index (χ3v) is 3.75. The van der Waals surface area contributed by atoms with Crippen LogP contribution in [0.1, 0.15) is 29.7 Å². The SMILES string of the molecule is CCCn1nccc1CNCCc1nc(C)cs1. The topological polar surface area (TPSA) is 42.7 Å². The zero-order valence-corrected chi connectivity index (χ0v) is 11.8. The standard InChI is InChI=1S/C13H20N4S/c1-3-8-17-12(4-7-15-17)9-14-6-5-13-16-11(2)10-18-13/h4,7,10,14H,3,5-6,8-9H2,1-2H3. The summed E-state index contributed by atoms with van der Waals surface area (Å²) < 4.78 is 2.07. The van der Waals surface area contributed by atoms with Crippen LogP contribution in [0.15, 0.2) is 17.6 Å². The highest BCUT2D eigenvalue weighted by atomic mass is 32.1. The van der Waals surface area contributed by atoms with Crippen LogP contribution in [0.25, 0.3) is 0 Å². The van der Waals surface area contributed by atoms with Crippen molar-refractivity contribution in [3.8, 4) is 0 Å². The maximum absolute atomic E-state index is 4.45. The molecule has 0 aromatic carbocycles. The first-order valence-electron chi connectivity index (χ1n) is 6.42. The van der Waals surface area contributed by atoms with Gasteiger partial charge in [-0.25, -0.2) is 4.98 Å². The fourth-order valence-electron chi connectivity index (χ4n) is 1.85. The molecule has 0 unspecified atom stereocenters. The van der Waals surface area contributed by atoms with Crippen molar-refractivity contribution in [3.63, 3.8) is 0 Å². The fourth-order valence-corrected chi connectivity index (χ4v) is 2.63. The van der Waals surface area contributed by atoms with Gasteiger partial charge in [0.25, 0.3) is 0 Å². The van der Waals surface area contributed by atoms with E-state index in [0.29, 0.717) is 0 Å². The van der Waals surface area contributed by atoms with E-state index in [0.717, 1.165) is 38.2 Å². The number of nitrogens with one attached hydrogen (secondary N) is 1. The van der Waals surface area contributed by atoms with E-state index in [1.807, 2.05) is 13.1 Å². The smallest absolute Gasteiger partial charge is 0.0940 e. The van der Waals surface area contributed by atoms with Gasteiger partial charge in [0.05, 0.1) is 10.7 Å². The lowest BCUT2D eigenvalue weighted by Gasteiger charge is -2.07. The molecule has 0 aliphatic carbocycles. The van der Waals surface area contributed by atoms with Crippen LogP contribution in [-0.2, 0) is 19.5 Å². The number of hydrogen-bond donors (Lipinski definition) is 1. The van der Waals surface area contributed by atoms with Crippen molar-refractivity contribution in [2.75, 3.05) is 6.54 Å². The molecular weight excluding hydrogens is 244 g/mol. The molecule has 5 heteroatoms. The molecule has 0 atom stereocenters. The lowest BCUT2D eigenvalue weighted by Crippen LogP contribution is -2.19. The molecule has 18 heavy (non-hydrogen) atoms. The van der Waals surface area contributed by atoms with E-state index in [-0.39, 0.29) is 0 Å². The number of aromatic nitrogens is 3. The van der Waals surface area contributed by atoms with Crippen LogP contribution >= 0.6 is 11.3 Å². The van der Waals surface area contributed by atoms with E-state index in [9.17, 15) is 0 Å². The molecule has 1 N–H and O–H groups in total. The summed E-state index contributed by atoms with van der Waals surface area (Å²) in [6.45, 7) is 7.05. The summed E-state index contributed by atoms with van der Waals surface area (Å²) in [7, 11) is 0. The van der Waals surface area contributed by atoms with Gasteiger partial charge in [-0.15, -0.1) is 11.3 Å². The maximum Gasteiger partial charge on any atom is 0.0940 e. The minimum Gasteiger partial charge on any atom is -0.311 e. The van der Waals surface area contributed by atoms with Crippen LogP contribution in [-0.4, -0.2) is 21.3 Å². The molecule has 2 rings (SSSR count). The average molecular weight is 264 g/mol. The number of hydrogen-bond acceptors (Lipinski definition) is 4. The second kappa shape index (κ2) is 6.66. The molecule has 98 valence electrons. The molecule has 0 bridgehead atoms.